The highest BCUT2D eigenvalue weighted by Gasteiger charge is 2.13. The summed E-state index contributed by atoms with van der Waals surface area (Å²) in [6.07, 6.45) is 1.46. The van der Waals surface area contributed by atoms with Crippen LogP contribution >= 0.6 is 0 Å². The third-order valence-corrected chi connectivity index (χ3v) is 5.53. The van der Waals surface area contributed by atoms with Crippen LogP contribution in [0, 0.1) is 0 Å². The molecule has 0 heterocycles. The SMILES string of the molecule is CCOc1cc(/C=N\NC(=O)COc2ccc(-c3ccccc3)cc2)ccc1OC(=O)c1ccc(OC)cc1. The normalized spacial score (nSPS) is 10.6. The maximum atomic E-state index is 12.5. The van der Waals surface area contributed by atoms with E-state index >= 15 is 0 Å². The summed E-state index contributed by atoms with van der Waals surface area (Å²) in [5, 5.41) is 3.98. The molecule has 1 amide bonds. The number of esters is 1. The highest BCUT2D eigenvalue weighted by atomic mass is 16.6. The first-order chi connectivity index (χ1) is 19.1. The lowest BCUT2D eigenvalue weighted by molar-refractivity contribution is -0.123. The number of amides is 1. The number of rotatable bonds is 11. The predicted molar refractivity (Wildman–Crippen MR) is 149 cm³/mol. The van der Waals surface area contributed by atoms with Gasteiger partial charge in [0.2, 0.25) is 0 Å². The van der Waals surface area contributed by atoms with Crippen molar-refractivity contribution in [2.24, 2.45) is 5.10 Å². The molecule has 0 radical (unpaired) electrons. The molecule has 0 aliphatic heterocycles. The number of carbonyl (C=O) groups excluding carboxylic acids is 2. The average Bonchev–Trinajstić information content (AvgIpc) is 2.98. The monoisotopic (exact) mass is 524 g/mol. The first kappa shape index (κ1) is 26.9. The van der Waals surface area contributed by atoms with E-state index in [4.69, 9.17) is 18.9 Å². The van der Waals surface area contributed by atoms with Gasteiger partial charge < -0.3 is 18.9 Å². The van der Waals surface area contributed by atoms with Crippen molar-refractivity contribution in [3.8, 4) is 34.1 Å². The molecule has 0 aliphatic rings. The van der Waals surface area contributed by atoms with Crippen LogP contribution in [0.3, 0.4) is 0 Å². The fourth-order valence-electron chi connectivity index (χ4n) is 3.58. The van der Waals surface area contributed by atoms with Gasteiger partial charge in [0.25, 0.3) is 5.91 Å². The lowest BCUT2D eigenvalue weighted by Gasteiger charge is -2.11. The van der Waals surface area contributed by atoms with E-state index in [1.165, 1.54) is 6.21 Å². The lowest BCUT2D eigenvalue weighted by Crippen LogP contribution is -2.24. The molecule has 0 saturated carbocycles. The van der Waals surface area contributed by atoms with Crippen molar-refractivity contribution < 1.29 is 28.5 Å². The van der Waals surface area contributed by atoms with Gasteiger partial charge in [0.1, 0.15) is 11.5 Å². The summed E-state index contributed by atoms with van der Waals surface area (Å²) in [5.41, 5.74) is 5.62. The summed E-state index contributed by atoms with van der Waals surface area (Å²) in [4.78, 5) is 24.7. The van der Waals surface area contributed by atoms with Crippen LogP contribution in [0.1, 0.15) is 22.8 Å². The number of hydrogen-bond donors (Lipinski definition) is 1. The molecule has 0 saturated heterocycles. The van der Waals surface area contributed by atoms with Crippen LogP contribution < -0.4 is 24.4 Å². The Kier molecular flexibility index (Phi) is 9.28. The van der Waals surface area contributed by atoms with Crippen molar-refractivity contribution in [3.05, 3.63) is 108 Å². The van der Waals surface area contributed by atoms with Crippen LogP contribution in [0.2, 0.25) is 0 Å². The minimum Gasteiger partial charge on any atom is -0.497 e. The molecule has 198 valence electrons. The lowest BCUT2D eigenvalue weighted by atomic mass is 10.1. The highest BCUT2D eigenvalue weighted by molar-refractivity contribution is 5.92. The highest BCUT2D eigenvalue weighted by Crippen LogP contribution is 2.29. The summed E-state index contributed by atoms with van der Waals surface area (Å²) in [5.74, 6) is 0.925. The van der Waals surface area contributed by atoms with Crippen molar-refractivity contribution >= 4 is 18.1 Å². The molecule has 4 aromatic rings. The molecule has 0 bridgehead atoms. The molecule has 0 atom stereocenters. The maximum absolute atomic E-state index is 12.5. The average molecular weight is 525 g/mol. The Morgan fingerprint density at radius 3 is 2.18 bits per heavy atom. The van der Waals surface area contributed by atoms with Gasteiger partial charge in [-0.15, -0.1) is 0 Å². The second-order valence-electron chi connectivity index (χ2n) is 8.23. The fraction of sp³-hybridized carbons (Fsp3) is 0.129. The van der Waals surface area contributed by atoms with E-state index < -0.39 is 11.9 Å². The van der Waals surface area contributed by atoms with E-state index in [1.807, 2.05) is 61.5 Å². The maximum Gasteiger partial charge on any atom is 0.343 e. The van der Waals surface area contributed by atoms with Gasteiger partial charge in [-0.25, -0.2) is 10.2 Å². The molecule has 0 unspecified atom stereocenters. The smallest absolute Gasteiger partial charge is 0.343 e. The minimum atomic E-state index is -0.526. The van der Waals surface area contributed by atoms with Crippen molar-refractivity contribution in [2.45, 2.75) is 6.92 Å². The largest absolute Gasteiger partial charge is 0.497 e. The van der Waals surface area contributed by atoms with Gasteiger partial charge in [-0.3, -0.25) is 4.79 Å². The summed E-state index contributed by atoms with van der Waals surface area (Å²) in [6, 6.07) is 29.1. The molecule has 0 spiro atoms. The van der Waals surface area contributed by atoms with Crippen LogP contribution in [0.15, 0.2) is 102 Å². The Morgan fingerprint density at radius 2 is 1.49 bits per heavy atom. The summed E-state index contributed by atoms with van der Waals surface area (Å²) in [7, 11) is 1.55. The molecule has 1 N–H and O–H groups in total. The topological polar surface area (TPSA) is 95.5 Å². The molecule has 4 aromatic carbocycles. The van der Waals surface area contributed by atoms with Crippen LogP contribution in [0.5, 0.6) is 23.0 Å². The molecule has 0 aromatic heterocycles. The molecule has 0 fully saturated rings. The van der Waals surface area contributed by atoms with E-state index in [9.17, 15) is 9.59 Å². The fourth-order valence-corrected chi connectivity index (χ4v) is 3.58. The number of nitrogens with zero attached hydrogens (tertiary/aromatic N) is 1. The van der Waals surface area contributed by atoms with Gasteiger partial charge in [-0.1, -0.05) is 42.5 Å². The molecule has 0 aliphatic carbocycles. The third-order valence-electron chi connectivity index (χ3n) is 5.53. The zero-order valence-electron chi connectivity index (χ0n) is 21.6. The summed E-state index contributed by atoms with van der Waals surface area (Å²) >= 11 is 0. The standard InChI is InChI=1S/C31H28N2O6/c1-3-37-29-19-22(9-18-28(29)39-31(35)25-12-14-26(36-2)15-13-25)20-32-33-30(34)21-38-27-16-10-24(11-17-27)23-7-5-4-6-8-23/h4-20H,3,21H2,1-2H3,(H,33,34)/b32-20-. The zero-order valence-corrected chi connectivity index (χ0v) is 21.6. The number of methoxy groups -OCH3 is 1. The van der Waals surface area contributed by atoms with E-state index in [0.29, 0.717) is 35.0 Å². The number of hydrogen-bond acceptors (Lipinski definition) is 7. The quantitative estimate of drug-likeness (QED) is 0.120. The number of ether oxygens (including phenoxy) is 4. The molecular formula is C31H28N2O6. The second kappa shape index (κ2) is 13.4. The first-order valence-electron chi connectivity index (χ1n) is 12.3. The molecule has 8 nitrogen and oxygen atoms in total. The number of hydrazone groups is 1. The van der Waals surface area contributed by atoms with Gasteiger partial charge in [0.05, 0.1) is 25.5 Å². The van der Waals surface area contributed by atoms with E-state index in [1.54, 1.807) is 49.6 Å². The summed E-state index contributed by atoms with van der Waals surface area (Å²) < 4.78 is 21.8. The Balaban J connectivity index is 1.30. The number of nitrogens with one attached hydrogen (secondary N) is 1. The van der Waals surface area contributed by atoms with Gasteiger partial charge >= 0.3 is 5.97 Å². The summed E-state index contributed by atoms with van der Waals surface area (Å²) in [6.45, 7) is 2.01. The van der Waals surface area contributed by atoms with Crippen LogP contribution in [0.4, 0.5) is 0 Å². The second-order valence-corrected chi connectivity index (χ2v) is 8.23. The van der Waals surface area contributed by atoms with Crippen LogP contribution in [-0.4, -0.2) is 38.4 Å². The van der Waals surface area contributed by atoms with Crippen molar-refractivity contribution in [2.75, 3.05) is 20.3 Å². The molecule has 39 heavy (non-hydrogen) atoms. The van der Waals surface area contributed by atoms with Gasteiger partial charge in [-0.2, -0.15) is 5.10 Å². The van der Waals surface area contributed by atoms with E-state index in [0.717, 1.165) is 11.1 Å². The van der Waals surface area contributed by atoms with Gasteiger partial charge in [0, 0.05) is 0 Å². The third kappa shape index (κ3) is 7.69. The molecule has 8 heteroatoms. The van der Waals surface area contributed by atoms with Gasteiger partial charge in [-0.05, 0) is 78.2 Å². The molecular weight excluding hydrogens is 496 g/mol. The predicted octanol–water partition coefficient (Wildman–Crippen LogP) is 5.51. The van der Waals surface area contributed by atoms with Crippen LogP contribution in [-0.2, 0) is 4.79 Å². The Hall–Kier alpha value is -5.11. The van der Waals surface area contributed by atoms with Crippen molar-refractivity contribution in [1.82, 2.24) is 5.43 Å². The molecule has 4 rings (SSSR count). The van der Waals surface area contributed by atoms with Crippen molar-refractivity contribution in [1.29, 1.82) is 0 Å². The van der Waals surface area contributed by atoms with E-state index in [-0.39, 0.29) is 12.4 Å². The van der Waals surface area contributed by atoms with Crippen molar-refractivity contribution in [3.63, 3.8) is 0 Å². The number of carbonyl (C=O) groups is 2. The Labute approximate surface area is 226 Å². The van der Waals surface area contributed by atoms with Gasteiger partial charge in [0.15, 0.2) is 18.1 Å². The Bertz CT molecular complexity index is 1420. The number of benzene rings is 4. The van der Waals surface area contributed by atoms with E-state index in [2.05, 4.69) is 10.5 Å². The van der Waals surface area contributed by atoms with Crippen LogP contribution in [0.25, 0.3) is 11.1 Å². The zero-order chi connectivity index (χ0) is 27.5. The first-order valence-corrected chi connectivity index (χ1v) is 12.3. The minimum absolute atomic E-state index is 0.188. The Morgan fingerprint density at radius 1 is 0.795 bits per heavy atom.